The molecule has 0 unspecified atom stereocenters. The Bertz CT molecular complexity index is 1640. The van der Waals surface area contributed by atoms with E-state index in [4.69, 9.17) is 33.8 Å². The Balaban J connectivity index is 1.57. The number of aliphatic hydroxyl groups is 1. The van der Waals surface area contributed by atoms with Crippen molar-refractivity contribution < 1.29 is 33.6 Å². The monoisotopic (exact) mass is 688 g/mol. The van der Waals surface area contributed by atoms with Crippen molar-refractivity contribution in [1.82, 2.24) is 5.32 Å². The number of benzene rings is 4. The molecule has 4 aromatic rings. The van der Waals surface area contributed by atoms with Crippen LogP contribution in [-0.4, -0.2) is 57.0 Å². The van der Waals surface area contributed by atoms with Gasteiger partial charge < -0.3 is 34.1 Å². The number of carbonyl (C=O) groups excluding carboxylic acids is 1. The molecule has 2 N–H and O–H groups in total. The van der Waals surface area contributed by atoms with Crippen molar-refractivity contribution in [2.24, 2.45) is 4.99 Å². The Kier molecular flexibility index (Phi) is 10.8. The van der Waals surface area contributed by atoms with Crippen LogP contribution in [0.4, 0.5) is 0 Å². The number of halogens is 1. The minimum Gasteiger partial charge on any atom is -0.496 e. The first kappa shape index (κ1) is 32.8. The van der Waals surface area contributed by atoms with Crippen molar-refractivity contribution in [1.29, 1.82) is 0 Å². The minimum atomic E-state index is -1.39. The fourth-order valence-corrected chi connectivity index (χ4v) is 5.92. The number of aliphatic hydroxyl groups excluding tert-OH is 1. The first-order chi connectivity index (χ1) is 22.4. The number of rotatable bonds is 14. The highest BCUT2D eigenvalue weighted by atomic mass is 79.9. The number of carbonyl (C=O) groups is 1. The molecular weight excluding hydrogens is 652 g/mol. The van der Waals surface area contributed by atoms with Crippen molar-refractivity contribution in [3.05, 3.63) is 118 Å². The molecule has 9 nitrogen and oxygen atoms in total. The normalized spacial score (nSPS) is 17.1. The summed E-state index contributed by atoms with van der Waals surface area (Å²) in [7, 11) is 4.69. The van der Waals surface area contributed by atoms with E-state index < -0.39 is 11.6 Å². The summed E-state index contributed by atoms with van der Waals surface area (Å²) in [5, 5.41) is 12.2. The number of aliphatic imine (C=N–C) groups is 1. The molecule has 2 atom stereocenters. The van der Waals surface area contributed by atoms with E-state index in [2.05, 4.69) is 21.2 Å². The van der Waals surface area contributed by atoms with E-state index in [9.17, 15) is 4.79 Å². The molecule has 240 valence electrons. The van der Waals surface area contributed by atoms with Gasteiger partial charge in [0, 0.05) is 47.2 Å². The summed E-state index contributed by atoms with van der Waals surface area (Å²) in [5.41, 5.74) is 1.69. The van der Waals surface area contributed by atoms with Crippen LogP contribution in [0.1, 0.15) is 34.8 Å². The van der Waals surface area contributed by atoms with Crippen LogP contribution in [0.5, 0.6) is 23.0 Å². The maximum absolute atomic E-state index is 14.7. The smallest absolute Gasteiger partial charge is 0.252 e. The Morgan fingerprint density at radius 3 is 2.22 bits per heavy atom. The standard InChI is InChI=1S/C36H37BrN2O7/c1-42-27-20-31(43-2)29(32(21-27)44-3)23-38-35(41)36(22-24-10-5-4-6-11-24)33(28-12-7-8-13-30(28)37)46-34(39-36)25-14-16-26(17-15-25)45-19-9-18-40/h4-8,10-17,20-21,33,40H,9,18-19,22-23H2,1-3H3,(H,38,41)/t33-,36-/m1/s1. The molecule has 0 aromatic heterocycles. The number of nitrogens with zero attached hydrogens (tertiary/aromatic N) is 1. The van der Waals surface area contributed by atoms with Gasteiger partial charge in [-0.05, 0) is 35.9 Å². The van der Waals surface area contributed by atoms with Crippen molar-refractivity contribution in [3.63, 3.8) is 0 Å². The average Bonchev–Trinajstić information content (AvgIpc) is 3.47. The summed E-state index contributed by atoms with van der Waals surface area (Å²) < 4.78 is 29.8. The molecule has 1 amide bonds. The molecule has 0 saturated carbocycles. The molecule has 0 spiro atoms. The first-order valence-corrected chi connectivity index (χ1v) is 15.7. The Morgan fingerprint density at radius 1 is 0.913 bits per heavy atom. The van der Waals surface area contributed by atoms with Crippen LogP contribution in [0.15, 0.2) is 100 Å². The van der Waals surface area contributed by atoms with Gasteiger partial charge in [0.05, 0.1) is 40.0 Å². The van der Waals surface area contributed by atoms with Crippen molar-refractivity contribution in [2.45, 2.75) is 31.0 Å². The maximum atomic E-state index is 14.7. The van der Waals surface area contributed by atoms with Gasteiger partial charge in [-0.2, -0.15) is 0 Å². The van der Waals surface area contributed by atoms with Crippen LogP contribution in [0.3, 0.4) is 0 Å². The third-order valence-corrected chi connectivity index (χ3v) is 8.50. The number of amides is 1. The third-order valence-electron chi connectivity index (χ3n) is 7.78. The van der Waals surface area contributed by atoms with Gasteiger partial charge in [0.25, 0.3) is 5.91 Å². The Morgan fingerprint density at radius 2 is 1.59 bits per heavy atom. The van der Waals surface area contributed by atoms with Gasteiger partial charge in [0.2, 0.25) is 5.90 Å². The van der Waals surface area contributed by atoms with Crippen LogP contribution in [0.25, 0.3) is 0 Å². The highest BCUT2D eigenvalue weighted by Gasteiger charge is 2.53. The van der Waals surface area contributed by atoms with Crippen molar-refractivity contribution in [3.8, 4) is 23.0 Å². The zero-order valence-electron chi connectivity index (χ0n) is 26.0. The van der Waals surface area contributed by atoms with Gasteiger partial charge in [0.15, 0.2) is 11.6 Å². The molecule has 0 aliphatic carbocycles. The quantitative estimate of drug-likeness (QED) is 0.155. The average molecular weight is 690 g/mol. The Labute approximate surface area is 277 Å². The van der Waals surface area contributed by atoms with Crippen LogP contribution in [-0.2, 0) is 22.5 Å². The Hall–Kier alpha value is -4.54. The minimum absolute atomic E-state index is 0.0583. The van der Waals surface area contributed by atoms with E-state index in [1.54, 1.807) is 33.5 Å². The molecule has 1 heterocycles. The van der Waals surface area contributed by atoms with Gasteiger partial charge in [-0.1, -0.05) is 64.5 Å². The molecule has 0 fully saturated rings. The summed E-state index contributed by atoms with van der Waals surface area (Å²) in [5.74, 6) is 2.29. The summed E-state index contributed by atoms with van der Waals surface area (Å²) >= 11 is 3.69. The fraction of sp³-hybridized carbons (Fsp3) is 0.278. The number of nitrogens with one attached hydrogen (secondary N) is 1. The summed E-state index contributed by atoms with van der Waals surface area (Å²) in [6, 6.07) is 28.3. The van der Waals surface area contributed by atoms with E-state index in [1.165, 1.54) is 0 Å². The van der Waals surface area contributed by atoms with E-state index in [0.717, 1.165) is 15.6 Å². The molecule has 1 aliphatic rings. The second-order valence-electron chi connectivity index (χ2n) is 10.7. The van der Waals surface area contributed by atoms with E-state index in [0.29, 0.717) is 53.1 Å². The van der Waals surface area contributed by atoms with Gasteiger partial charge in [-0.3, -0.25) is 4.79 Å². The molecule has 0 radical (unpaired) electrons. The summed E-state index contributed by atoms with van der Waals surface area (Å²) in [6.07, 6.45) is 0.0452. The number of methoxy groups -OCH3 is 3. The van der Waals surface area contributed by atoms with Gasteiger partial charge in [0.1, 0.15) is 23.0 Å². The lowest BCUT2D eigenvalue weighted by Crippen LogP contribution is -2.49. The molecule has 1 aliphatic heterocycles. The van der Waals surface area contributed by atoms with Gasteiger partial charge in [-0.25, -0.2) is 4.99 Å². The zero-order chi connectivity index (χ0) is 32.5. The summed E-state index contributed by atoms with van der Waals surface area (Å²) in [4.78, 5) is 19.8. The van der Waals surface area contributed by atoms with Gasteiger partial charge in [-0.15, -0.1) is 0 Å². The summed E-state index contributed by atoms with van der Waals surface area (Å²) in [6.45, 7) is 0.573. The van der Waals surface area contributed by atoms with Gasteiger partial charge >= 0.3 is 0 Å². The fourth-order valence-electron chi connectivity index (χ4n) is 5.43. The zero-order valence-corrected chi connectivity index (χ0v) is 27.6. The number of hydrogen-bond acceptors (Lipinski definition) is 8. The molecule has 4 aromatic carbocycles. The SMILES string of the molecule is COc1cc(OC)c(CNC(=O)[C@]2(Cc3ccccc3)N=C(c3ccc(OCCCO)cc3)O[C@@H]2c2ccccc2Br)c(OC)c1. The van der Waals surface area contributed by atoms with Crippen molar-refractivity contribution >= 4 is 27.7 Å². The lowest BCUT2D eigenvalue weighted by Gasteiger charge is -2.31. The van der Waals surface area contributed by atoms with Crippen LogP contribution in [0, 0.1) is 0 Å². The first-order valence-electron chi connectivity index (χ1n) is 14.9. The number of hydrogen-bond donors (Lipinski definition) is 2. The highest BCUT2D eigenvalue weighted by molar-refractivity contribution is 9.10. The van der Waals surface area contributed by atoms with E-state index in [-0.39, 0.29) is 25.5 Å². The maximum Gasteiger partial charge on any atom is 0.252 e. The van der Waals surface area contributed by atoms with E-state index >= 15 is 0 Å². The highest BCUT2D eigenvalue weighted by Crippen LogP contribution is 2.45. The topological polar surface area (TPSA) is 108 Å². The largest absolute Gasteiger partial charge is 0.496 e. The van der Waals surface area contributed by atoms with Crippen LogP contribution in [0.2, 0.25) is 0 Å². The second-order valence-corrected chi connectivity index (χ2v) is 11.5. The second kappa shape index (κ2) is 15.2. The van der Waals surface area contributed by atoms with Crippen molar-refractivity contribution in [2.75, 3.05) is 34.5 Å². The van der Waals surface area contributed by atoms with Crippen LogP contribution >= 0.6 is 15.9 Å². The predicted molar refractivity (Wildman–Crippen MR) is 179 cm³/mol. The third kappa shape index (κ3) is 7.13. The predicted octanol–water partition coefficient (Wildman–Crippen LogP) is 6.05. The lowest BCUT2D eigenvalue weighted by molar-refractivity contribution is -0.129. The molecule has 0 saturated heterocycles. The number of ether oxygens (including phenoxy) is 5. The van der Waals surface area contributed by atoms with Crippen LogP contribution < -0.4 is 24.3 Å². The molecule has 0 bridgehead atoms. The molecule has 46 heavy (non-hydrogen) atoms. The molecule has 10 heteroatoms. The van der Waals surface area contributed by atoms with E-state index in [1.807, 2.05) is 78.9 Å². The lowest BCUT2D eigenvalue weighted by atomic mass is 9.82. The molecule has 5 rings (SSSR count). The molecular formula is C36H37BrN2O7.